The normalized spacial score (nSPS) is 16.3. The summed E-state index contributed by atoms with van der Waals surface area (Å²) >= 11 is 8.88. The molecule has 0 unspecified atom stereocenters. The molecule has 0 spiro atoms. The molecule has 0 bridgehead atoms. The van der Waals surface area contributed by atoms with Crippen LogP contribution in [0.15, 0.2) is 20.0 Å². The molecule has 7 heteroatoms. The molecular formula is C13H19BrClNO3S. The molecule has 1 aromatic rings. The smallest absolute Gasteiger partial charge is 0.247 e. The molecule has 0 saturated heterocycles. The molecule has 0 atom stereocenters. The first-order valence-corrected chi connectivity index (χ1v) is 9.49. The van der Waals surface area contributed by atoms with Gasteiger partial charge >= 0.3 is 0 Å². The average molecular weight is 385 g/mol. The quantitative estimate of drug-likeness (QED) is 0.668. The Labute approximate surface area is 133 Å². The van der Waals surface area contributed by atoms with Crippen molar-refractivity contribution >= 4 is 37.6 Å². The maximum absolute atomic E-state index is 12.8. The molecule has 1 aliphatic carbocycles. The summed E-state index contributed by atoms with van der Waals surface area (Å²) in [4.78, 5) is 0.184. The van der Waals surface area contributed by atoms with Crippen LogP contribution in [0.2, 0.25) is 0 Å². The number of sulfonamides is 1. The van der Waals surface area contributed by atoms with Crippen molar-refractivity contribution in [3.63, 3.8) is 0 Å². The van der Waals surface area contributed by atoms with Crippen LogP contribution in [0.1, 0.15) is 38.9 Å². The molecule has 114 valence electrons. The summed E-state index contributed by atoms with van der Waals surface area (Å²) < 4.78 is 32.7. The van der Waals surface area contributed by atoms with Crippen molar-refractivity contribution in [2.75, 3.05) is 6.54 Å². The first-order chi connectivity index (χ1) is 9.36. The third-order valence-electron chi connectivity index (χ3n) is 3.31. The molecule has 0 N–H and O–H groups in total. The van der Waals surface area contributed by atoms with Gasteiger partial charge in [-0.1, -0.05) is 13.8 Å². The highest BCUT2D eigenvalue weighted by atomic mass is 79.9. The van der Waals surface area contributed by atoms with E-state index in [2.05, 4.69) is 29.8 Å². The molecule has 4 nitrogen and oxygen atoms in total. The van der Waals surface area contributed by atoms with E-state index in [1.54, 1.807) is 4.31 Å². The summed E-state index contributed by atoms with van der Waals surface area (Å²) in [6.07, 6.45) is 2.73. The number of halogens is 2. The number of hydrogen-bond acceptors (Lipinski definition) is 3. The van der Waals surface area contributed by atoms with Crippen molar-refractivity contribution in [3.8, 4) is 0 Å². The predicted octanol–water partition coefficient (Wildman–Crippen LogP) is 3.98. The van der Waals surface area contributed by atoms with Crippen LogP contribution in [-0.4, -0.2) is 25.3 Å². The van der Waals surface area contributed by atoms with Crippen molar-refractivity contribution < 1.29 is 12.8 Å². The number of furan rings is 1. The summed E-state index contributed by atoms with van der Waals surface area (Å²) in [7, 11) is -3.52. The largest absolute Gasteiger partial charge is 0.452 e. The van der Waals surface area contributed by atoms with Crippen molar-refractivity contribution in [2.24, 2.45) is 5.92 Å². The van der Waals surface area contributed by atoms with Crippen molar-refractivity contribution in [2.45, 2.75) is 49.9 Å². The second-order valence-corrected chi connectivity index (χ2v) is 8.36. The fourth-order valence-corrected chi connectivity index (χ4v) is 4.81. The Bertz CT molecular complexity index is 566. The highest BCUT2D eigenvalue weighted by molar-refractivity contribution is 9.10. The monoisotopic (exact) mass is 383 g/mol. The molecule has 1 saturated carbocycles. The minimum Gasteiger partial charge on any atom is -0.452 e. The van der Waals surface area contributed by atoms with E-state index in [0.29, 0.717) is 18.2 Å². The van der Waals surface area contributed by atoms with E-state index in [4.69, 9.17) is 16.0 Å². The molecule has 0 radical (unpaired) electrons. The van der Waals surface area contributed by atoms with Crippen molar-refractivity contribution in [1.82, 2.24) is 4.31 Å². The Balaban J connectivity index is 2.27. The summed E-state index contributed by atoms with van der Waals surface area (Å²) in [5.74, 6) is 1.08. The van der Waals surface area contributed by atoms with Gasteiger partial charge in [-0.3, -0.25) is 0 Å². The van der Waals surface area contributed by atoms with Gasteiger partial charge in [0.1, 0.15) is 10.7 Å². The third kappa shape index (κ3) is 3.59. The van der Waals surface area contributed by atoms with Gasteiger partial charge < -0.3 is 4.42 Å². The van der Waals surface area contributed by atoms with E-state index in [9.17, 15) is 8.42 Å². The van der Waals surface area contributed by atoms with Gasteiger partial charge in [-0.2, -0.15) is 4.31 Å². The van der Waals surface area contributed by atoms with E-state index < -0.39 is 10.0 Å². The molecular weight excluding hydrogens is 366 g/mol. The fraction of sp³-hybridized carbons (Fsp3) is 0.692. The van der Waals surface area contributed by atoms with Crippen molar-refractivity contribution in [1.29, 1.82) is 0 Å². The molecule has 1 heterocycles. The second kappa shape index (κ2) is 6.38. The molecule has 0 aliphatic heterocycles. The lowest BCUT2D eigenvalue weighted by molar-refractivity contribution is 0.372. The summed E-state index contributed by atoms with van der Waals surface area (Å²) in [5.41, 5.74) is 0. The minimum absolute atomic E-state index is 0.139. The topological polar surface area (TPSA) is 50.5 Å². The van der Waals surface area contributed by atoms with Crippen LogP contribution in [0.4, 0.5) is 0 Å². The Morgan fingerprint density at radius 2 is 2.15 bits per heavy atom. The molecule has 1 fully saturated rings. The SMILES string of the molecule is CC(C)CCN(C1CC1)S(=O)(=O)c1cc(CCl)oc1Br. The maximum atomic E-state index is 12.8. The maximum Gasteiger partial charge on any atom is 0.247 e. The lowest BCUT2D eigenvalue weighted by Crippen LogP contribution is -2.34. The lowest BCUT2D eigenvalue weighted by atomic mass is 10.1. The predicted molar refractivity (Wildman–Crippen MR) is 82.3 cm³/mol. The molecule has 0 amide bonds. The van der Waals surface area contributed by atoms with Gasteiger partial charge in [0.25, 0.3) is 0 Å². The third-order valence-corrected chi connectivity index (χ3v) is 6.38. The second-order valence-electron chi connectivity index (χ2n) is 5.51. The lowest BCUT2D eigenvalue weighted by Gasteiger charge is -2.22. The van der Waals surface area contributed by atoms with Gasteiger partial charge in [-0.25, -0.2) is 8.42 Å². The van der Waals surface area contributed by atoms with Gasteiger partial charge in [0.2, 0.25) is 10.0 Å². The Morgan fingerprint density at radius 1 is 1.50 bits per heavy atom. The highest BCUT2D eigenvalue weighted by Gasteiger charge is 2.39. The standard InChI is InChI=1S/C13H19BrClNO3S/c1-9(2)5-6-16(10-3-4-10)20(17,18)12-7-11(8-15)19-13(12)14/h7,9-10H,3-6,8H2,1-2H3. The van der Waals surface area contributed by atoms with E-state index in [1.165, 1.54) is 6.07 Å². The first-order valence-electron chi connectivity index (χ1n) is 6.72. The Morgan fingerprint density at radius 3 is 2.60 bits per heavy atom. The van der Waals surface area contributed by atoms with Crippen LogP contribution >= 0.6 is 27.5 Å². The van der Waals surface area contributed by atoms with E-state index in [1.807, 2.05) is 0 Å². The zero-order valence-corrected chi connectivity index (χ0v) is 14.8. The van der Waals surface area contributed by atoms with Gasteiger partial charge in [-0.15, -0.1) is 11.6 Å². The molecule has 1 aromatic heterocycles. The van der Waals surface area contributed by atoms with E-state index in [-0.39, 0.29) is 21.5 Å². The van der Waals surface area contributed by atoms with Gasteiger partial charge in [-0.05, 0) is 41.1 Å². The fourth-order valence-electron chi connectivity index (χ4n) is 2.01. The van der Waals surface area contributed by atoms with Crippen LogP contribution in [0.5, 0.6) is 0 Å². The van der Waals surface area contributed by atoms with E-state index >= 15 is 0 Å². The number of rotatable bonds is 7. The summed E-state index contributed by atoms with van der Waals surface area (Å²) in [6.45, 7) is 4.74. The highest BCUT2D eigenvalue weighted by Crippen LogP contribution is 2.36. The molecule has 1 aliphatic rings. The van der Waals surface area contributed by atoms with Gasteiger partial charge in [0.05, 0.1) is 5.88 Å². The van der Waals surface area contributed by atoms with Gasteiger partial charge in [0.15, 0.2) is 4.67 Å². The first kappa shape index (κ1) is 16.3. The van der Waals surface area contributed by atoms with Crippen LogP contribution in [0.25, 0.3) is 0 Å². The van der Waals surface area contributed by atoms with Crippen LogP contribution in [0, 0.1) is 5.92 Å². The summed E-state index contributed by atoms with van der Waals surface area (Å²) in [5, 5.41) is 0. The average Bonchev–Trinajstić information content (AvgIpc) is 3.10. The van der Waals surface area contributed by atoms with E-state index in [0.717, 1.165) is 19.3 Å². The zero-order chi connectivity index (χ0) is 14.9. The summed E-state index contributed by atoms with van der Waals surface area (Å²) in [6, 6.07) is 1.65. The van der Waals surface area contributed by atoms with Crippen LogP contribution in [0.3, 0.4) is 0 Å². The molecule has 20 heavy (non-hydrogen) atoms. The van der Waals surface area contributed by atoms with Crippen LogP contribution < -0.4 is 0 Å². The Hall–Kier alpha value is -0.0400. The molecule has 0 aromatic carbocycles. The number of hydrogen-bond donors (Lipinski definition) is 0. The van der Waals surface area contributed by atoms with Crippen LogP contribution in [-0.2, 0) is 15.9 Å². The number of nitrogens with zero attached hydrogens (tertiary/aromatic N) is 1. The van der Waals surface area contributed by atoms with Gasteiger partial charge in [0, 0.05) is 18.7 Å². The zero-order valence-electron chi connectivity index (χ0n) is 11.6. The molecule has 2 rings (SSSR count). The Kier molecular flexibility index (Phi) is 5.21. The minimum atomic E-state index is -3.52. The number of alkyl halides is 1. The van der Waals surface area contributed by atoms with Crippen molar-refractivity contribution in [3.05, 3.63) is 16.5 Å².